The summed E-state index contributed by atoms with van der Waals surface area (Å²) in [4.78, 5) is 11.4. The summed E-state index contributed by atoms with van der Waals surface area (Å²) in [7, 11) is 0. The maximum absolute atomic E-state index is 11.4. The summed E-state index contributed by atoms with van der Waals surface area (Å²) in [6.45, 7) is 7.00. The van der Waals surface area contributed by atoms with E-state index >= 15 is 0 Å². The number of rotatable bonds is 4. The van der Waals surface area contributed by atoms with E-state index in [4.69, 9.17) is 0 Å². The van der Waals surface area contributed by atoms with Crippen LogP contribution in [-0.4, -0.2) is 12.6 Å². The molecule has 0 heterocycles. The fourth-order valence-electron chi connectivity index (χ4n) is 1.39. The molecule has 1 aromatic carbocycles. The zero-order chi connectivity index (χ0) is 12.0. The Balaban J connectivity index is 2.59. The van der Waals surface area contributed by atoms with Gasteiger partial charge >= 0.3 is 6.03 Å². The molecule has 0 aliphatic rings. The minimum absolute atomic E-state index is 0.136. The highest BCUT2D eigenvalue weighted by molar-refractivity contribution is 5.89. The Morgan fingerprint density at radius 1 is 1.38 bits per heavy atom. The molecule has 0 saturated heterocycles. The lowest BCUT2D eigenvalue weighted by atomic mass is 10.0. The molecule has 0 atom stereocenters. The topological polar surface area (TPSA) is 41.1 Å². The molecule has 1 rings (SSSR count). The molecule has 0 aliphatic carbocycles. The predicted octanol–water partition coefficient (Wildman–Crippen LogP) is 3.34. The van der Waals surface area contributed by atoms with Gasteiger partial charge in [-0.3, -0.25) is 0 Å². The van der Waals surface area contributed by atoms with E-state index in [-0.39, 0.29) is 6.03 Å². The minimum atomic E-state index is -0.136. The average Bonchev–Trinajstić information content (AvgIpc) is 2.26. The Bertz CT molecular complexity index is 348. The van der Waals surface area contributed by atoms with Crippen molar-refractivity contribution in [2.24, 2.45) is 0 Å². The van der Waals surface area contributed by atoms with E-state index in [0.717, 1.165) is 12.1 Å². The number of urea groups is 1. The molecule has 0 saturated carbocycles. The first-order valence-corrected chi connectivity index (χ1v) is 5.78. The molecule has 16 heavy (non-hydrogen) atoms. The summed E-state index contributed by atoms with van der Waals surface area (Å²) in [5.74, 6) is 0.473. The van der Waals surface area contributed by atoms with Crippen LogP contribution >= 0.6 is 0 Å². The van der Waals surface area contributed by atoms with Crippen LogP contribution in [0.4, 0.5) is 10.5 Å². The van der Waals surface area contributed by atoms with E-state index in [1.54, 1.807) is 0 Å². The number of carbonyl (C=O) groups is 1. The Morgan fingerprint density at radius 3 is 2.75 bits per heavy atom. The van der Waals surface area contributed by atoms with Crippen molar-refractivity contribution in [3.8, 4) is 0 Å². The highest BCUT2D eigenvalue weighted by atomic mass is 16.2. The van der Waals surface area contributed by atoms with Gasteiger partial charge in [0, 0.05) is 12.2 Å². The second kappa shape index (κ2) is 6.16. The highest BCUT2D eigenvalue weighted by Gasteiger charge is 2.03. The van der Waals surface area contributed by atoms with Gasteiger partial charge in [-0.15, -0.1) is 0 Å². The van der Waals surface area contributed by atoms with Gasteiger partial charge in [0.1, 0.15) is 0 Å². The Hall–Kier alpha value is -1.51. The first-order chi connectivity index (χ1) is 7.63. The van der Waals surface area contributed by atoms with E-state index < -0.39 is 0 Å². The smallest absolute Gasteiger partial charge is 0.319 e. The minimum Gasteiger partial charge on any atom is -0.338 e. The van der Waals surface area contributed by atoms with Crippen LogP contribution in [-0.2, 0) is 0 Å². The number of carbonyl (C=O) groups excluding carboxylic acids is 1. The van der Waals surface area contributed by atoms with Crippen molar-refractivity contribution in [2.45, 2.75) is 33.1 Å². The third-order valence-corrected chi connectivity index (χ3v) is 2.35. The monoisotopic (exact) mass is 220 g/mol. The van der Waals surface area contributed by atoms with E-state index in [0.29, 0.717) is 12.5 Å². The van der Waals surface area contributed by atoms with Gasteiger partial charge in [-0.05, 0) is 30.0 Å². The van der Waals surface area contributed by atoms with Gasteiger partial charge in [0.05, 0.1) is 0 Å². The molecule has 1 aromatic rings. The van der Waals surface area contributed by atoms with Gasteiger partial charge < -0.3 is 10.6 Å². The average molecular weight is 220 g/mol. The fraction of sp³-hybridized carbons (Fsp3) is 0.462. The summed E-state index contributed by atoms with van der Waals surface area (Å²) in [6.07, 6.45) is 0.944. The van der Waals surface area contributed by atoms with Crippen LogP contribution in [0.15, 0.2) is 24.3 Å². The Kier molecular flexibility index (Phi) is 4.83. The highest BCUT2D eigenvalue weighted by Crippen LogP contribution is 2.18. The van der Waals surface area contributed by atoms with Crippen molar-refractivity contribution in [1.29, 1.82) is 0 Å². The van der Waals surface area contributed by atoms with Gasteiger partial charge in [0.25, 0.3) is 0 Å². The second-order valence-electron chi connectivity index (χ2n) is 4.16. The third-order valence-electron chi connectivity index (χ3n) is 2.35. The lowest BCUT2D eigenvalue weighted by molar-refractivity contribution is 0.252. The zero-order valence-electron chi connectivity index (χ0n) is 10.2. The number of amides is 2. The largest absolute Gasteiger partial charge is 0.338 e. The molecule has 0 aromatic heterocycles. The number of benzene rings is 1. The molecule has 0 bridgehead atoms. The lowest BCUT2D eigenvalue weighted by Gasteiger charge is -2.10. The molecule has 3 nitrogen and oxygen atoms in total. The molecule has 0 unspecified atom stereocenters. The van der Waals surface area contributed by atoms with Crippen molar-refractivity contribution in [1.82, 2.24) is 5.32 Å². The van der Waals surface area contributed by atoms with E-state index in [1.807, 2.05) is 25.1 Å². The van der Waals surface area contributed by atoms with E-state index in [9.17, 15) is 4.79 Å². The predicted molar refractivity (Wildman–Crippen MR) is 67.8 cm³/mol. The SMILES string of the molecule is CCCNC(=O)Nc1cccc(C(C)C)c1. The summed E-state index contributed by atoms with van der Waals surface area (Å²) in [6, 6.07) is 7.81. The number of nitrogens with one attached hydrogen (secondary N) is 2. The van der Waals surface area contributed by atoms with Gasteiger partial charge in [0.15, 0.2) is 0 Å². The molecule has 0 fully saturated rings. The molecule has 0 radical (unpaired) electrons. The van der Waals surface area contributed by atoms with E-state index in [1.165, 1.54) is 5.56 Å². The molecule has 2 N–H and O–H groups in total. The van der Waals surface area contributed by atoms with Crippen LogP contribution in [0.3, 0.4) is 0 Å². The van der Waals surface area contributed by atoms with Crippen LogP contribution in [0, 0.1) is 0 Å². The maximum Gasteiger partial charge on any atom is 0.319 e. The normalized spacial score (nSPS) is 10.2. The lowest BCUT2D eigenvalue weighted by Crippen LogP contribution is -2.29. The van der Waals surface area contributed by atoms with Crippen molar-refractivity contribution < 1.29 is 4.79 Å². The van der Waals surface area contributed by atoms with Gasteiger partial charge in [0.2, 0.25) is 0 Å². The van der Waals surface area contributed by atoms with Crippen LogP contribution in [0.2, 0.25) is 0 Å². The maximum atomic E-state index is 11.4. The zero-order valence-corrected chi connectivity index (χ0v) is 10.2. The van der Waals surface area contributed by atoms with E-state index in [2.05, 4.69) is 30.5 Å². The summed E-state index contributed by atoms with van der Waals surface area (Å²) >= 11 is 0. The third kappa shape index (κ3) is 3.93. The summed E-state index contributed by atoms with van der Waals surface area (Å²) in [5.41, 5.74) is 2.08. The molecule has 0 aliphatic heterocycles. The Morgan fingerprint density at radius 2 is 2.12 bits per heavy atom. The van der Waals surface area contributed by atoms with Crippen LogP contribution in [0.1, 0.15) is 38.7 Å². The first kappa shape index (κ1) is 12.6. The van der Waals surface area contributed by atoms with Crippen molar-refractivity contribution in [3.63, 3.8) is 0 Å². The summed E-state index contributed by atoms with van der Waals surface area (Å²) < 4.78 is 0. The molecular formula is C13H20N2O. The van der Waals surface area contributed by atoms with Crippen LogP contribution in [0.25, 0.3) is 0 Å². The Labute approximate surface area is 97.2 Å². The number of hydrogen-bond donors (Lipinski definition) is 2. The fourth-order valence-corrected chi connectivity index (χ4v) is 1.39. The van der Waals surface area contributed by atoms with Gasteiger partial charge in [-0.2, -0.15) is 0 Å². The molecular weight excluding hydrogens is 200 g/mol. The van der Waals surface area contributed by atoms with Crippen LogP contribution < -0.4 is 10.6 Å². The quantitative estimate of drug-likeness (QED) is 0.802. The van der Waals surface area contributed by atoms with Gasteiger partial charge in [-0.25, -0.2) is 4.79 Å². The molecule has 2 amide bonds. The standard InChI is InChI=1S/C13H20N2O/c1-4-8-14-13(16)15-12-7-5-6-11(9-12)10(2)3/h5-7,9-10H,4,8H2,1-3H3,(H2,14,15,16). The first-order valence-electron chi connectivity index (χ1n) is 5.78. The van der Waals surface area contributed by atoms with Crippen molar-refractivity contribution in [3.05, 3.63) is 29.8 Å². The van der Waals surface area contributed by atoms with Gasteiger partial charge in [-0.1, -0.05) is 32.9 Å². The molecule has 88 valence electrons. The van der Waals surface area contributed by atoms with Crippen molar-refractivity contribution >= 4 is 11.7 Å². The second-order valence-corrected chi connectivity index (χ2v) is 4.16. The number of anilines is 1. The van der Waals surface area contributed by atoms with Crippen molar-refractivity contribution in [2.75, 3.05) is 11.9 Å². The van der Waals surface area contributed by atoms with Crippen LogP contribution in [0.5, 0.6) is 0 Å². The number of hydrogen-bond acceptors (Lipinski definition) is 1. The molecule has 3 heteroatoms. The molecule has 0 spiro atoms. The summed E-state index contributed by atoms with van der Waals surface area (Å²) in [5, 5.41) is 5.60.